The first-order valence-corrected chi connectivity index (χ1v) is 5.20. The van der Waals surface area contributed by atoms with Gasteiger partial charge in [-0.15, -0.1) is 0 Å². The molecule has 0 radical (unpaired) electrons. The molecular weight excluding hydrogens is 196 g/mol. The monoisotopic (exact) mass is 208 g/mol. The molecule has 2 rings (SSSR count). The van der Waals surface area contributed by atoms with E-state index in [4.69, 9.17) is 5.26 Å². The Hall–Kier alpha value is -2.14. The largest absolute Gasteiger partial charge is 0.256 e. The number of nitriles is 1. The second kappa shape index (κ2) is 4.59. The normalized spacial score (nSPS) is 9.75. The molecule has 0 amide bonds. The van der Waals surface area contributed by atoms with Crippen LogP contribution in [0.15, 0.2) is 42.5 Å². The van der Waals surface area contributed by atoms with Crippen LogP contribution in [-0.2, 0) is 6.42 Å². The maximum absolute atomic E-state index is 8.81. The fourth-order valence-corrected chi connectivity index (χ4v) is 1.63. The van der Waals surface area contributed by atoms with Crippen molar-refractivity contribution in [3.05, 3.63) is 65.0 Å². The molecule has 0 atom stereocenters. The number of aromatic nitrogens is 1. The number of rotatable bonds is 2. The highest BCUT2D eigenvalue weighted by Crippen LogP contribution is 2.10. The summed E-state index contributed by atoms with van der Waals surface area (Å²) in [4.78, 5) is 4.42. The van der Waals surface area contributed by atoms with E-state index in [1.54, 1.807) is 0 Å². The molecule has 1 aromatic carbocycles. The van der Waals surface area contributed by atoms with Gasteiger partial charge in [0.05, 0.1) is 11.3 Å². The van der Waals surface area contributed by atoms with Crippen LogP contribution in [0.3, 0.4) is 0 Å². The molecule has 0 aliphatic rings. The molecule has 0 fully saturated rings. The third-order valence-corrected chi connectivity index (χ3v) is 2.49. The summed E-state index contributed by atoms with van der Waals surface area (Å²) >= 11 is 0. The molecule has 0 aliphatic heterocycles. The Labute approximate surface area is 95.2 Å². The van der Waals surface area contributed by atoms with Crippen LogP contribution in [0.25, 0.3) is 0 Å². The van der Waals surface area contributed by atoms with Crippen molar-refractivity contribution in [3.8, 4) is 6.07 Å². The van der Waals surface area contributed by atoms with Crippen LogP contribution in [0, 0.1) is 18.3 Å². The fraction of sp³-hybridized carbons (Fsp3) is 0.143. The van der Waals surface area contributed by atoms with Gasteiger partial charge >= 0.3 is 0 Å². The maximum atomic E-state index is 8.81. The van der Waals surface area contributed by atoms with E-state index in [2.05, 4.69) is 23.2 Å². The molecule has 2 heteroatoms. The number of aryl methyl sites for hydroxylation is 1. The van der Waals surface area contributed by atoms with Crippen molar-refractivity contribution < 1.29 is 0 Å². The Balaban J connectivity index is 2.24. The number of hydrogen-bond acceptors (Lipinski definition) is 2. The van der Waals surface area contributed by atoms with Crippen LogP contribution in [0.2, 0.25) is 0 Å². The lowest BCUT2D eigenvalue weighted by Crippen LogP contribution is -1.96. The van der Waals surface area contributed by atoms with Gasteiger partial charge in [0.15, 0.2) is 0 Å². The molecule has 0 spiro atoms. The van der Waals surface area contributed by atoms with Crippen molar-refractivity contribution in [2.24, 2.45) is 0 Å². The van der Waals surface area contributed by atoms with Gasteiger partial charge in [-0.3, -0.25) is 4.98 Å². The summed E-state index contributed by atoms with van der Waals surface area (Å²) in [6.45, 7) is 1.87. The average molecular weight is 208 g/mol. The van der Waals surface area contributed by atoms with Gasteiger partial charge in [-0.05, 0) is 24.6 Å². The molecule has 0 unspecified atom stereocenters. The zero-order valence-electron chi connectivity index (χ0n) is 9.14. The maximum Gasteiger partial charge on any atom is 0.101 e. The minimum atomic E-state index is 0.650. The third kappa shape index (κ3) is 2.26. The van der Waals surface area contributed by atoms with Crippen molar-refractivity contribution in [1.29, 1.82) is 5.26 Å². The van der Waals surface area contributed by atoms with E-state index in [-0.39, 0.29) is 0 Å². The number of benzene rings is 1. The molecule has 0 saturated carbocycles. The Morgan fingerprint density at radius 3 is 2.50 bits per heavy atom. The Morgan fingerprint density at radius 2 is 1.88 bits per heavy atom. The Bertz CT molecular complexity index is 524. The van der Waals surface area contributed by atoms with Crippen LogP contribution >= 0.6 is 0 Å². The van der Waals surface area contributed by atoms with Crippen molar-refractivity contribution in [3.63, 3.8) is 0 Å². The van der Waals surface area contributed by atoms with Crippen molar-refractivity contribution >= 4 is 0 Å². The molecule has 0 bridgehead atoms. The molecule has 16 heavy (non-hydrogen) atoms. The van der Waals surface area contributed by atoms with Crippen LogP contribution in [0.1, 0.15) is 22.5 Å². The molecule has 0 saturated heterocycles. The lowest BCUT2D eigenvalue weighted by molar-refractivity contribution is 1.03. The van der Waals surface area contributed by atoms with Crippen molar-refractivity contribution in [2.75, 3.05) is 0 Å². The summed E-state index contributed by atoms with van der Waals surface area (Å²) in [7, 11) is 0. The summed E-state index contributed by atoms with van der Waals surface area (Å²) < 4.78 is 0. The third-order valence-electron chi connectivity index (χ3n) is 2.49. The van der Waals surface area contributed by atoms with E-state index >= 15 is 0 Å². The van der Waals surface area contributed by atoms with E-state index in [1.807, 2.05) is 37.3 Å². The van der Waals surface area contributed by atoms with Gasteiger partial charge in [0.2, 0.25) is 0 Å². The predicted octanol–water partition coefficient (Wildman–Crippen LogP) is 2.85. The lowest BCUT2D eigenvalue weighted by Gasteiger charge is -2.03. The number of pyridine rings is 1. The first-order valence-electron chi connectivity index (χ1n) is 5.20. The lowest BCUT2D eigenvalue weighted by atomic mass is 10.1. The second-order valence-corrected chi connectivity index (χ2v) is 3.71. The SMILES string of the molecule is Cc1nc(Cc2ccccc2)ccc1C#N. The van der Waals surface area contributed by atoms with Gasteiger partial charge in [0.1, 0.15) is 6.07 Å². The first kappa shape index (κ1) is 10.4. The van der Waals surface area contributed by atoms with Crippen LogP contribution < -0.4 is 0 Å². The molecule has 0 aliphatic carbocycles. The standard InChI is InChI=1S/C14H12N2/c1-11-13(10-15)7-8-14(16-11)9-12-5-3-2-4-6-12/h2-8H,9H2,1H3. The summed E-state index contributed by atoms with van der Waals surface area (Å²) in [5.74, 6) is 0. The molecular formula is C14H12N2. The average Bonchev–Trinajstić information content (AvgIpc) is 2.31. The smallest absolute Gasteiger partial charge is 0.101 e. The quantitative estimate of drug-likeness (QED) is 0.760. The van der Waals surface area contributed by atoms with Crippen LogP contribution in [0.4, 0.5) is 0 Å². The molecule has 1 aromatic heterocycles. The number of nitrogens with zero attached hydrogens (tertiary/aromatic N) is 2. The minimum Gasteiger partial charge on any atom is -0.256 e. The van der Waals surface area contributed by atoms with Crippen LogP contribution in [0.5, 0.6) is 0 Å². The molecule has 78 valence electrons. The first-order chi connectivity index (χ1) is 7.79. The van der Waals surface area contributed by atoms with Gasteiger partial charge in [-0.1, -0.05) is 30.3 Å². The van der Waals surface area contributed by atoms with E-state index in [0.29, 0.717) is 5.56 Å². The highest BCUT2D eigenvalue weighted by atomic mass is 14.7. The Kier molecular flexibility index (Phi) is 2.98. The highest BCUT2D eigenvalue weighted by Gasteiger charge is 2.01. The van der Waals surface area contributed by atoms with Gasteiger partial charge in [0, 0.05) is 12.1 Å². The van der Waals surface area contributed by atoms with Crippen LogP contribution in [-0.4, -0.2) is 4.98 Å². The minimum absolute atomic E-state index is 0.650. The summed E-state index contributed by atoms with van der Waals surface area (Å²) in [5, 5.41) is 8.81. The second-order valence-electron chi connectivity index (χ2n) is 3.71. The molecule has 2 nitrogen and oxygen atoms in total. The van der Waals surface area contributed by atoms with Gasteiger partial charge in [0.25, 0.3) is 0 Å². The van der Waals surface area contributed by atoms with Crippen molar-refractivity contribution in [1.82, 2.24) is 4.98 Å². The fourth-order valence-electron chi connectivity index (χ4n) is 1.63. The molecule has 2 aromatic rings. The topological polar surface area (TPSA) is 36.7 Å². The van der Waals surface area contributed by atoms with E-state index in [1.165, 1.54) is 5.56 Å². The molecule has 0 N–H and O–H groups in total. The van der Waals surface area contributed by atoms with Gasteiger partial charge in [-0.25, -0.2) is 0 Å². The van der Waals surface area contributed by atoms with E-state index in [0.717, 1.165) is 17.8 Å². The summed E-state index contributed by atoms with van der Waals surface area (Å²) in [5.41, 5.74) is 3.69. The van der Waals surface area contributed by atoms with E-state index in [9.17, 15) is 0 Å². The summed E-state index contributed by atoms with van der Waals surface area (Å²) in [6, 6.07) is 16.1. The summed E-state index contributed by atoms with van der Waals surface area (Å²) in [6.07, 6.45) is 0.813. The number of hydrogen-bond donors (Lipinski definition) is 0. The highest BCUT2D eigenvalue weighted by molar-refractivity contribution is 5.34. The van der Waals surface area contributed by atoms with E-state index < -0.39 is 0 Å². The zero-order valence-corrected chi connectivity index (χ0v) is 9.14. The predicted molar refractivity (Wildman–Crippen MR) is 62.9 cm³/mol. The van der Waals surface area contributed by atoms with Gasteiger partial charge in [-0.2, -0.15) is 5.26 Å². The Morgan fingerprint density at radius 1 is 1.12 bits per heavy atom. The zero-order chi connectivity index (χ0) is 11.4. The van der Waals surface area contributed by atoms with Crippen molar-refractivity contribution in [2.45, 2.75) is 13.3 Å². The van der Waals surface area contributed by atoms with Gasteiger partial charge < -0.3 is 0 Å². The molecule has 1 heterocycles.